The van der Waals surface area contributed by atoms with E-state index in [9.17, 15) is 17.6 Å². The average Bonchev–Trinajstić information content (AvgIpc) is 2.37. The van der Waals surface area contributed by atoms with Crippen molar-refractivity contribution in [3.05, 3.63) is 70.8 Å². The van der Waals surface area contributed by atoms with Crippen LogP contribution in [0.3, 0.4) is 0 Å². The van der Waals surface area contributed by atoms with Crippen molar-refractivity contribution in [2.75, 3.05) is 0 Å². The number of rotatable bonds is 3. The molecule has 2 aromatic rings. The van der Waals surface area contributed by atoms with Gasteiger partial charge in [-0.3, -0.25) is 0 Å². The van der Waals surface area contributed by atoms with E-state index in [-0.39, 0.29) is 12.0 Å². The molecular formula is C14H9ClF4. The third-order valence-electron chi connectivity index (χ3n) is 2.72. The number of benzene rings is 2. The first-order chi connectivity index (χ1) is 8.99. The molecule has 0 aromatic heterocycles. The summed E-state index contributed by atoms with van der Waals surface area (Å²) in [4.78, 5) is 0. The third-order valence-corrected chi connectivity index (χ3v) is 3.11. The maximum absolute atomic E-state index is 13.5. The summed E-state index contributed by atoms with van der Waals surface area (Å²) < 4.78 is 52.3. The second-order valence-electron chi connectivity index (χ2n) is 4.06. The molecule has 5 heteroatoms. The summed E-state index contributed by atoms with van der Waals surface area (Å²) in [5.41, 5.74) is 0.397. The summed E-state index contributed by atoms with van der Waals surface area (Å²) in [5.74, 6) is -3.98. The zero-order valence-electron chi connectivity index (χ0n) is 9.64. The summed E-state index contributed by atoms with van der Waals surface area (Å²) in [6.07, 6.45) is 0.0686. The summed E-state index contributed by atoms with van der Waals surface area (Å²) in [7, 11) is 0. The van der Waals surface area contributed by atoms with Crippen molar-refractivity contribution in [2.45, 2.75) is 11.8 Å². The highest BCUT2D eigenvalue weighted by Crippen LogP contribution is 2.28. The Kier molecular flexibility index (Phi) is 4.10. The first kappa shape index (κ1) is 13.9. The van der Waals surface area contributed by atoms with E-state index in [2.05, 4.69) is 0 Å². The van der Waals surface area contributed by atoms with Gasteiger partial charge in [0.15, 0.2) is 23.3 Å². The molecule has 2 aromatic carbocycles. The fraction of sp³-hybridized carbons (Fsp3) is 0.143. The highest BCUT2D eigenvalue weighted by atomic mass is 35.5. The standard InChI is InChI=1S/C14H9ClF4/c15-10(9-2-1-3-12(17)14(9)19)6-8-4-5-11(16)13(18)7-8/h1-5,7,10H,6H2. The van der Waals surface area contributed by atoms with E-state index < -0.39 is 28.6 Å². The molecule has 0 aliphatic rings. The highest BCUT2D eigenvalue weighted by Gasteiger charge is 2.17. The number of hydrogen-bond donors (Lipinski definition) is 0. The van der Waals surface area contributed by atoms with Crippen LogP contribution >= 0.6 is 11.6 Å². The zero-order valence-corrected chi connectivity index (χ0v) is 10.4. The Morgan fingerprint density at radius 3 is 2.32 bits per heavy atom. The Labute approximate surface area is 112 Å². The van der Waals surface area contributed by atoms with E-state index in [1.165, 1.54) is 18.2 Å². The van der Waals surface area contributed by atoms with E-state index in [1.54, 1.807) is 0 Å². The lowest BCUT2D eigenvalue weighted by Crippen LogP contribution is -2.01. The molecule has 19 heavy (non-hydrogen) atoms. The molecule has 0 saturated carbocycles. The molecule has 0 heterocycles. The van der Waals surface area contributed by atoms with E-state index in [0.29, 0.717) is 5.56 Å². The second kappa shape index (κ2) is 5.61. The molecule has 1 atom stereocenters. The molecule has 100 valence electrons. The second-order valence-corrected chi connectivity index (χ2v) is 4.59. The van der Waals surface area contributed by atoms with Crippen LogP contribution in [0.5, 0.6) is 0 Å². The van der Waals surface area contributed by atoms with Crippen LogP contribution in [0, 0.1) is 23.3 Å². The fourth-order valence-electron chi connectivity index (χ4n) is 1.75. The molecule has 0 radical (unpaired) electrons. The van der Waals surface area contributed by atoms with Gasteiger partial charge >= 0.3 is 0 Å². The Balaban J connectivity index is 2.23. The van der Waals surface area contributed by atoms with Crippen LogP contribution in [0.15, 0.2) is 36.4 Å². The highest BCUT2D eigenvalue weighted by molar-refractivity contribution is 6.20. The minimum Gasteiger partial charge on any atom is -0.204 e. The Bertz CT molecular complexity index is 598. The molecule has 0 bridgehead atoms. The van der Waals surface area contributed by atoms with E-state index in [0.717, 1.165) is 18.2 Å². The van der Waals surface area contributed by atoms with Crippen molar-refractivity contribution < 1.29 is 17.6 Å². The van der Waals surface area contributed by atoms with Crippen LogP contribution in [0.2, 0.25) is 0 Å². The van der Waals surface area contributed by atoms with Crippen LogP contribution in [0.25, 0.3) is 0 Å². The fourth-order valence-corrected chi connectivity index (χ4v) is 2.09. The summed E-state index contributed by atoms with van der Waals surface area (Å²) in [6.45, 7) is 0. The van der Waals surface area contributed by atoms with Gasteiger partial charge in [-0.15, -0.1) is 11.6 Å². The van der Waals surface area contributed by atoms with Crippen molar-refractivity contribution in [1.82, 2.24) is 0 Å². The van der Waals surface area contributed by atoms with Gasteiger partial charge in [-0.25, -0.2) is 17.6 Å². The van der Waals surface area contributed by atoms with Gasteiger partial charge in [-0.1, -0.05) is 18.2 Å². The van der Waals surface area contributed by atoms with Gasteiger partial charge in [-0.05, 0) is 30.2 Å². The van der Waals surface area contributed by atoms with Crippen molar-refractivity contribution in [3.8, 4) is 0 Å². The van der Waals surface area contributed by atoms with Crippen LogP contribution in [-0.4, -0.2) is 0 Å². The first-order valence-corrected chi connectivity index (χ1v) is 5.94. The molecule has 0 fully saturated rings. The largest absolute Gasteiger partial charge is 0.204 e. The van der Waals surface area contributed by atoms with Crippen molar-refractivity contribution >= 4 is 11.6 Å². The monoisotopic (exact) mass is 288 g/mol. The smallest absolute Gasteiger partial charge is 0.163 e. The normalized spacial score (nSPS) is 12.5. The number of halogens is 5. The minimum absolute atomic E-state index is 0.00796. The summed E-state index contributed by atoms with van der Waals surface area (Å²) in [6, 6.07) is 6.99. The quantitative estimate of drug-likeness (QED) is 0.564. The maximum atomic E-state index is 13.5. The van der Waals surface area contributed by atoms with Crippen LogP contribution in [0.4, 0.5) is 17.6 Å². The van der Waals surface area contributed by atoms with Gasteiger partial charge in [0.25, 0.3) is 0 Å². The molecule has 0 saturated heterocycles. The molecule has 0 N–H and O–H groups in total. The van der Waals surface area contributed by atoms with Crippen molar-refractivity contribution in [1.29, 1.82) is 0 Å². The molecule has 1 unspecified atom stereocenters. The van der Waals surface area contributed by atoms with Gasteiger partial charge < -0.3 is 0 Å². The zero-order chi connectivity index (χ0) is 14.0. The Morgan fingerprint density at radius 1 is 0.895 bits per heavy atom. The van der Waals surface area contributed by atoms with Crippen LogP contribution < -0.4 is 0 Å². The van der Waals surface area contributed by atoms with Gasteiger partial charge in [0.1, 0.15) is 0 Å². The van der Waals surface area contributed by atoms with Gasteiger partial charge in [0.2, 0.25) is 0 Å². The molecule has 0 nitrogen and oxygen atoms in total. The Morgan fingerprint density at radius 2 is 1.63 bits per heavy atom. The lowest BCUT2D eigenvalue weighted by atomic mass is 10.0. The van der Waals surface area contributed by atoms with E-state index >= 15 is 0 Å². The topological polar surface area (TPSA) is 0 Å². The molecule has 0 aliphatic carbocycles. The molecule has 0 aliphatic heterocycles. The predicted molar refractivity (Wildman–Crippen MR) is 65.0 cm³/mol. The van der Waals surface area contributed by atoms with Crippen molar-refractivity contribution in [3.63, 3.8) is 0 Å². The van der Waals surface area contributed by atoms with E-state index in [1.807, 2.05) is 0 Å². The lowest BCUT2D eigenvalue weighted by molar-refractivity contribution is 0.496. The van der Waals surface area contributed by atoms with Crippen LogP contribution in [-0.2, 0) is 6.42 Å². The summed E-state index contributed by atoms with van der Waals surface area (Å²) in [5, 5.41) is -0.861. The molecule has 0 spiro atoms. The van der Waals surface area contributed by atoms with Gasteiger partial charge in [0.05, 0.1) is 5.38 Å². The molecule has 0 amide bonds. The Hall–Kier alpha value is -1.55. The molecular weight excluding hydrogens is 280 g/mol. The van der Waals surface area contributed by atoms with E-state index in [4.69, 9.17) is 11.6 Å². The number of hydrogen-bond acceptors (Lipinski definition) is 0. The van der Waals surface area contributed by atoms with Crippen molar-refractivity contribution in [2.24, 2.45) is 0 Å². The number of alkyl halides is 1. The lowest BCUT2D eigenvalue weighted by Gasteiger charge is -2.11. The third kappa shape index (κ3) is 3.07. The molecule has 2 rings (SSSR count). The summed E-state index contributed by atoms with van der Waals surface area (Å²) >= 11 is 5.99. The average molecular weight is 289 g/mol. The minimum atomic E-state index is -1.02. The predicted octanol–water partition coefficient (Wildman–Crippen LogP) is 4.77. The SMILES string of the molecule is Fc1ccc(CC(Cl)c2cccc(F)c2F)cc1F. The maximum Gasteiger partial charge on any atom is 0.163 e. The van der Waals surface area contributed by atoms with Gasteiger partial charge in [-0.2, -0.15) is 0 Å². The first-order valence-electron chi connectivity index (χ1n) is 5.51. The van der Waals surface area contributed by atoms with Crippen LogP contribution in [0.1, 0.15) is 16.5 Å². The van der Waals surface area contributed by atoms with Gasteiger partial charge in [0, 0.05) is 5.56 Å².